The van der Waals surface area contributed by atoms with E-state index in [0.717, 1.165) is 0 Å². The van der Waals surface area contributed by atoms with E-state index < -0.39 is 11.8 Å². The second kappa shape index (κ2) is 10.1. The molecule has 2 N–H and O–H groups in total. The van der Waals surface area contributed by atoms with Crippen molar-refractivity contribution in [1.29, 1.82) is 0 Å². The minimum Gasteiger partial charge on any atom is -0.488 e. The molecule has 0 fully saturated rings. The molecule has 6 nitrogen and oxygen atoms in total. The summed E-state index contributed by atoms with van der Waals surface area (Å²) < 4.78 is 19.3. The Morgan fingerprint density at radius 1 is 1.22 bits per heavy atom. The van der Waals surface area contributed by atoms with E-state index in [2.05, 4.69) is 22.4 Å². The molecule has 0 unspecified atom stereocenters. The van der Waals surface area contributed by atoms with Gasteiger partial charge in [-0.3, -0.25) is 9.59 Å². The summed E-state index contributed by atoms with van der Waals surface area (Å²) in [4.78, 5) is 23.0. The molecular formula is C19H17ClFN3O3. The number of amides is 2. The van der Waals surface area contributed by atoms with Crippen LogP contribution in [0.5, 0.6) is 5.75 Å². The van der Waals surface area contributed by atoms with E-state index >= 15 is 0 Å². The van der Waals surface area contributed by atoms with Gasteiger partial charge in [-0.1, -0.05) is 35.9 Å². The topological polar surface area (TPSA) is 79.8 Å². The number of rotatable bonds is 7. The Kier molecular flexibility index (Phi) is 7.51. The molecule has 2 rings (SSSR count). The Labute approximate surface area is 160 Å². The van der Waals surface area contributed by atoms with Gasteiger partial charge in [-0.05, 0) is 24.3 Å². The molecule has 0 aliphatic carbocycles. The van der Waals surface area contributed by atoms with Crippen molar-refractivity contribution in [2.75, 3.05) is 6.54 Å². The van der Waals surface area contributed by atoms with Gasteiger partial charge < -0.3 is 10.1 Å². The molecule has 0 saturated heterocycles. The third kappa shape index (κ3) is 6.23. The van der Waals surface area contributed by atoms with Crippen LogP contribution >= 0.6 is 11.6 Å². The summed E-state index contributed by atoms with van der Waals surface area (Å²) in [6.07, 6.45) is 2.72. The number of ether oxygens (including phenoxy) is 1. The Bertz CT molecular complexity index is 871. The van der Waals surface area contributed by atoms with Crippen molar-refractivity contribution in [3.8, 4) is 5.75 Å². The summed E-state index contributed by atoms with van der Waals surface area (Å²) >= 11 is 5.97. The maximum absolute atomic E-state index is 13.7. The van der Waals surface area contributed by atoms with Gasteiger partial charge in [0.2, 0.25) is 0 Å². The van der Waals surface area contributed by atoms with Crippen molar-refractivity contribution in [3.63, 3.8) is 0 Å². The van der Waals surface area contributed by atoms with Gasteiger partial charge in [0.05, 0.1) is 6.21 Å². The van der Waals surface area contributed by atoms with Gasteiger partial charge in [0.25, 0.3) is 0 Å². The van der Waals surface area contributed by atoms with E-state index in [-0.39, 0.29) is 19.0 Å². The second-order valence-electron chi connectivity index (χ2n) is 5.26. The van der Waals surface area contributed by atoms with Crippen molar-refractivity contribution in [2.45, 2.75) is 6.61 Å². The van der Waals surface area contributed by atoms with Crippen LogP contribution in [-0.2, 0) is 16.2 Å². The van der Waals surface area contributed by atoms with Crippen LogP contribution in [0.3, 0.4) is 0 Å². The smallest absolute Gasteiger partial charge is 0.329 e. The molecule has 140 valence electrons. The Morgan fingerprint density at radius 3 is 2.74 bits per heavy atom. The summed E-state index contributed by atoms with van der Waals surface area (Å²) in [6.45, 7) is 3.60. The number of halogens is 2. The minimum absolute atomic E-state index is 0.00542. The number of hydrogen-bond acceptors (Lipinski definition) is 4. The van der Waals surface area contributed by atoms with Crippen LogP contribution in [0.4, 0.5) is 4.39 Å². The van der Waals surface area contributed by atoms with Crippen LogP contribution in [0.15, 0.2) is 60.2 Å². The summed E-state index contributed by atoms with van der Waals surface area (Å²) in [5, 5.41) is 6.46. The van der Waals surface area contributed by atoms with Crippen LogP contribution in [0.1, 0.15) is 11.1 Å². The number of nitrogens with one attached hydrogen (secondary N) is 2. The number of nitrogens with zero attached hydrogens (tertiary/aromatic N) is 1. The van der Waals surface area contributed by atoms with E-state index in [1.54, 1.807) is 36.4 Å². The van der Waals surface area contributed by atoms with Crippen molar-refractivity contribution in [1.82, 2.24) is 10.7 Å². The highest BCUT2D eigenvalue weighted by atomic mass is 35.5. The van der Waals surface area contributed by atoms with Crippen molar-refractivity contribution >= 4 is 29.6 Å². The molecule has 2 aromatic carbocycles. The number of carbonyl (C=O) groups excluding carboxylic acids is 2. The fourth-order valence-corrected chi connectivity index (χ4v) is 2.16. The van der Waals surface area contributed by atoms with Gasteiger partial charge in [0.1, 0.15) is 18.2 Å². The predicted octanol–water partition coefficient (Wildman–Crippen LogP) is 2.81. The first-order valence-electron chi connectivity index (χ1n) is 7.89. The first kappa shape index (κ1) is 20.1. The van der Waals surface area contributed by atoms with Crippen molar-refractivity contribution < 1.29 is 18.7 Å². The van der Waals surface area contributed by atoms with Gasteiger partial charge in [0.15, 0.2) is 0 Å². The summed E-state index contributed by atoms with van der Waals surface area (Å²) in [5.74, 6) is -1.76. The van der Waals surface area contributed by atoms with E-state index in [4.69, 9.17) is 16.3 Å². The monoisotopic (exact) mass is 389 g/mol. The lowest BCUT2D eigenvalue weighted by molar-refractivity contribution is -0.139. The average molecular weight is 390 g/mol. The molecule has 0 aliphatic heterocycles. The highest BCUT2D eigenvalue weighted by Gasteiger charge is 2.11. The molecule has 0 aromatic heterocycles. The quantitative estimate of drug-likeness (QED) is 0.331. The van der Waals surface area contributed by atoms with E-state index in [0.29, 0.717) is 21.9 Å². The molecule has 0 spiro atoms. The van der Waals surface area contributed by atoms with E-state index in [1.807, 2.05) is 0 Å². The zero-order valence-electron chi connectivity index (χ0n) is 14.2. The molecule has 8 heteroatoms. The molecular weight excluding hydrogens is 373 g/mol. The molecule has 0 heterocycles. The maximum Gasteiger partial charge on any atom is 0.329 e. The average Bonchev–Trinajstić information content (AvgIpc) is 2.66. The predicted molar refractivity (Wildman–Crippen MR) is 101 cm³/mol. The third-order valence-corrected chi connectivity index (χ3v) is 3.53. The highest BCUT2D eigenvalue weighted by Crippen LogP contribution is 2.23. The lowest BCUT2D eigenvalue weighted by Gasteiger charge is -2.10. The molecule has 0 atom stereocenters. The summed E-state index contributed by atoms with van der Waals surface area (Å²) in [6, 6.07) is 11.0. The first-order valence-corrected chi connectivity index (χ1v) is 8.27. The molecule has 2 aromatic rings. The molecule has 27 heavy (non-hydrogen) atoms. The normalized spacial score (nSPS) is 10.4. The van der Waals surface area contributed by atoms with Crippen LogP contribution in [0.25, 0.3) is 0 Å². The van der Waals surface area contributed by atoms with Gasteiger partial charge >= 0.3 is 11.8 Å². The molecule has 0 saturated carbocycles. The Morgan fingerprint density at radius 2 is 2.00 bits per heavy atom. The van der Waals surface area contributed by atoms with Gasteiger partial charge in [-0.15, -0.1) is 6.58 Å². The summed E-state index contributed by atoms with van der Waals surface area (Å²) in [5.41, 5.74) is 2.94. The van der Waals surface area contributed by atoms with E-state index in [9.17, 15) is 14.0 Å². The van der Waals surface area contributed by atoms with Crippen molar-refractivity contribution in [3.05, 3.63) is 77.1 Å². The van der Waals surface area contributed by atoms with Gasteiger partial charge in [-0.25, -0.2) is 9.82 Å². The Balaban J connectivity index is 2.04. The van der Waals surface area contributed by atoms with Crippen molar-refractivity contribution in [2.24, 2.45) is 5.10 Å². The van der Waals surface area contributed by atoms with Crippen LogP contribution < -0.4 is 15.5 Å². The lowest BCUT2D eigenvalue weighted by atomic mass is 10.2. The zero-order valence-corrected chi connectivity index (χ0v) is 15.0. The second-order valence-corrected chi connectivity index (χ2v) is 5.70. The zero-order chi connectivity index (χ0) is 19.6. The van der Waals surface area contributed by atoms with E-state index in [1.165, 1.54) is 18.4 Å². The van der Waals surface area contributed by atoms with Gasteiger partial charge in [0, 0.05) is 22.7 Å². The van der Waals surface area contributed by atoms with Crippen LogP contribution in [0, 0.1) is 5.82 Å². The third-order valence-electron chi connectivity index (χ3n) is 3.30. The molecule has 0 aliphatic rings. The summed E-state index contributed by atoms with van der Waals surface area (Å²) in [7, 11) is 0. The highest BCUT2D eigenvalue weighted by molar-refractivity contribution is 6.35. The van der Waals surface area contributed by atoms with Crippen LogP contribution in [0.2, 0.25) is 5.02 Å². The maximum atomic E-state index is 13.7. The molecule has 2 amide bonds. The Hall–Kier alpha value is -3.19. The fourth-order valence-electron chi connectivity index (χ4n) is 1.98. The standard InChI is InChI=1S/C19H17ClFN3O3/c1-2-9-22-18(25)19(26)24-23-11-14-10-15(20)7-8-17(14)27-12-13-5-3-4-6-16(13)21/h2-8,10-11H,1,9,12H2,(H,22,25)(H,24,26)/b23-11-. The lowest BCUT2D eigenvalue weighted by Crippen LogP contribution is -2.37. The SMILES string of the molecule is C=CCNC(=O)C(=O)N/N=C\c1cc(Cl)ccc1OCc1ccccc1F. The number of benzene rings is 2. The molecule has 0 bridgehead atoms. The first-order chi connectivity index (χ1) is 13.0. The van der Waals surface area contributed by atoms with Gasteiger partial charge in [-0.2, -0.15) is 5.10 Å². The number of carbonyl (C=O) groups is 2. The largest absolute Gasteiger partial charge is 0.488 e. The number of hydrazone groups is 1. The minimum atomic E-state index is -0.927. The number of hydrogen-bond donors (Lipinski definition) is 2. The van der Waals surface area contributed by atoms with Crippen LogP contribution in [-0.4, -0.2) is 24.6 Å². The fraction of sp³-hybridized carbons (Fsp3) is 0.105. The molecule has 0 radical (unpaired) electrons.